The van der Waals surface area contributed by atoms with Gasteiger partial charge in [-0.25, -0.2) is 4.79 Å². The number of likely N-dealkylation sites (tertiary alicyclic amines) is 1. The highest BCUT2D eigenvalue weighted by atomic mass is 16.5. The molecule has 1 aromatic carbocycles. The van der Waals surface area contributed by atoms with Crippen LogP contribution in [0.1, 0.15) is 69.0 Å². The number of ether oxygens (including phenoxy) is 1. The molecule has 28 heavy (non-hydrogen) atoms. The number of hydrogen-bond donors (Lipinski definition) is 1. The third-order valence-electron chi connectivity index (χ3n) is 8.26. The summed E-state index contributed by atoms with van der Waals surface area (Å²) in [5.41, 5.74) is 3.00. The van der Waals surface area contributed by atoms with Crippen LogP contribution in [0.15, 0.2) is 24.3 Å². The lowest BCUT2D eigenvalue weighted by Gasteiger charge is -2.42. The van der Waals surface area contributed by atoms with E-state index in [1.807, 2.05) is 6.92 Å². The van der Waals surface area contributed by atoms with E-state index in [9.17, 15) is 4.79 Å². The predicted molar refractivity (Wildman–Crippen MR) is 110 cm³/mol. The maximum absolute atomic E-state index is 12.0. The van der Waals surface area contributed by atoms with Crippen LogP contribution in [-0.4, -0.2) is 37.2 Å². The van der Waals surface area contributed by atoms with Gasteiger partial charge in [-0.15, -0.1) is 0 Å². The second kappa shape index (κ2) is 7.37. The number of piperidine rings is 1. The van der Waals surface area contributed by atoms with Crippen LogP contribution >= 0.6 is 0 Å². The lowest BCUT2D eigenvalue weighted by Crippen LogP contribution is -2.44. The van der Waals surface area contributed by atoms with Gasteiger partial charge in [0.15, 0.2) is 0 Å². The van der Waals surface area contributed by atoms with Crippen molar-refractivity contribution in [1.82, 2.24) is 10.2 Å². The molecule has 152 valence electrons. The van der Waals surface area contributed by atoms with Crippen molar-refractivity contribution in [2.75, 3.05) is 26.2 Å². The molecule has 0 radical (unpaired) electrons. The van der Waals surface area contributed by atoms with Gasteiger partial charge in [-0.1, -0.05) is 30.7 Å². The minimum atomic E-state index is -0.284. The van der Waals surface area contributed by atoms with Crippen LogP contribution in [0.4, 0.5) is 4.79 Å². The molecule has 5 rings (SSSR count). The molecule has 1 aliphatic heterocycles. The van der Waals surface area contributed by atoms with E-state index in [2.05, 4.69) is 34.5 Å². The number of carbonyl (C=O) groups excluding carboxylic acids is 1. The van der Waals surface area contributed by atoms with E-state index in [-0.39, 0.29) is 17.6 Å². The molecule has 1 spiro atoms. The van der Waals surface area contributed by atoms with Crippen LogP contribution < -0.4 is 5.32 Å². The Morgan fingerprint density at radius 1 is 1.21 bits per heavy atom. The van der Waals surface area contributed by atoms with Crippen LogP contribution in [0.2, 0.25) is 0 Å². The average Bonchev–Trinajstić information content (AvgIpc) is 3.39. The molecule has 1 N–H and O–H groups in total. The minimum Gasteiger partial charge on any atom is -0.450 e. The zero-order valence-corrected chi connectivity index (χ0v) is 17.2. The number of fused-ring (bicyclic) bond motifs is 4. The molecule has 3 aliphatic carbocycles. The van der Waals surface area contributed by atoms with Crippen molar-refractivity contribution in [2.24, 2.45) is 17.8 Å². The normalized spacial score (nSPS) is 33.2. The van der Waals surface area contributed by atoms with E-state index >= 15 is 0 Å². The zero-order valence-electron chi connectivity index (χ0n) is 17.2. The smallest absolute Gasteiger partial charge is 0.407 e. The SMILES string of the molecule is CCOC(=O)N[C@@H]1CC2(CCN(C[C@H]3C[C@H]4CC[C@@H]3C4)CC2)c2ccccc21. The molecule has 2 saturated carbocycles. The summed E-state index contributed by atoms with van der Waals surface area (Å²) in [6.45, 7) is 6.00. The van der Waals surface area contributed by atoms with Gasteiger partial charge >= 0.3 is 6.09 Å². The van der Waals surface area contributed by atoms with Crippen LogP contribution in [0, 0.1) is 17.8 Å². The van der Waals surface area contributed by atoms with Crippen LogP contribution in [0.5, 0.6) is 0 Å². The second-order valence-electron chi connectivity index (χ2n) is 9.72. The summed E-state index contributed by atoms with van der Waals surface area (Å²) < 4.78 is 5.15. The van der Waals surface area contributed by atoms with Gasteiger partial charge in [-0.05, 0) is 87.4 Å². The number of hydrogen-bond acceptors (Lipinski definition) is 3. The lowest BCUT2D eigenvalue weighted by atomic mass is 9.73. The van der Waals surface area contributed by atoms with Gasteiger partial charge in [-0.2, -0.15) is 0 Å². The Morgan fingerprint density at radius 2 is 2.04 bits per heavy atom. The lowest BCUT2D eigenvalue weighted by molar-refractivity contribution is 0.116. The van der Waals surface area contributed by atoms with Gasteiger partial charge in [0.05, 0.1) is 12.6 Å². The molecular weight excluding hydrogens is 348 g/mol. The van der Waals surface area contributed by atoms with Crippen molar-refractivity contribution >= 4 is 6.09 Å². The molecular formula is C24H34N2O2. The van der Waals surface area contributed by atoms with E-state index in [4.69, 9.17) is 4.74 Å². The molecule has 3 fully saturated rings. The Labute approximate surface area is 169 Å². The van der Waals surface area contributed by atoms with Crippen LogP contribution in [-0.2, 0) is 10.2 Å². The van der Waals surface area contributed by atoms with Gasteiger partial charge in [0.25, 0.3) is 0 Å². The van der Waals surface area contributed by atoms with Gasteiger partial charge in [0.1, 0.15) is 0 Å². The Morgan fingerprint density at radius 3 is 2.75 bits per heavy atom. The Kier molecular flexibility index (Phi) is 4.86. The summed E-state index contributed by atoms with van der Waals surface area (Å²) in [5, 5.41) is 3.12. The molecule has 4 atom stereocenters. The molecule has 1 saturated heterocycles. The predicted octanol–water partition coefficient (Wildman–Crippen LogP) is 4.65. The third kappa shape index (κ3) is 3.24. The molecule has 2 bridgehead atoms. The summed E-state index contributed by atoms with van der Waals surface area (Å²) in [7, 11) is 0. The van der Waals surface area contributed by atoms with Crippen molar-refractivity contribution in [1.29, 1.82) is 0 Å². The number of carbonyl (C=O) groups is 1. The summed E-state index contributed by atoms with van der Waals surface area (Å²) in [6, 6.07) is 8.85. The largest absolute Gasteiger partial charge is 0.450 e. The van der Waals surface area contributed by atoms with E-state index < -0.39 is 0 Å². The fraction of sp³-hybridized carbons (Fsp3) is 0.708. The number of benzene rings is 1. The third-order valence-corrected chi connectivity index (χ3v) is 8.26. The maximum Gasteiger partial charge on any atom is 0.407 e. The highest BCUT2D eigenvalue weighted by molar-refractivity contribution is 5.68. The standard InChI is InChI=1S/C24H34N2O2/c1-2-28-23(27)25-22-15-24(21-6-4-3-5-20(21)22)9-11-26(12-10-24)16-19-14-17-7-8-18(19)13-17/h3-6,17-19,22H,2,7-16H2,1H3,(H,25,27)/t17-,18+,19+,22+/m0/s1. The Bertz CT molecular complexity index is 725. The maximum atomic E-state index is 12.0. The quantitative estimate of drug-likeness (QED) is 0.824. The fourth-order valence-corrected chi connectivity index (χ4v) is 6.91. The number of nitrogens with one attached hydrogen (secondary N) is 1. The van der Waals surface area contributed by atoms with Crippen molar-refractivity contribution in [3.63, 3.8) is 0 Å². The number of nitrogens with zero attached hydrogens (tertiary/aromatic N) is 1. The van der Waals surface area contributed by atoms with E-state index in [0.29, 0.717) is 6.61 Å². The van der Waals surface area contributed by atoms with Gasteiger partial charge < -0.3 is 15.0 Å². The number of alkyl carbamates (subject to hydrolysis) is 1. The summed E-state index contributed by atoms with van der Waals surface area (Å²) in [5.74, 6) is 3.02. The summed E-state index contributed by atoms with van der Waals surface area (Å²) in [4.78, 5) is 14.8. The van der Waals surface area contributed by atoms with Crippen LogP contribution in [0.3, 0.4) is 0 Å². The van der Waals surface area contributed by atoms with Gasteiger partial charge in [0, 0.05) is 12.0 Å². The topological polar surface area (TPSA) is 41.6 Å². The molecule has 4 aliphatic rings. The van der Waals surface area contributed by atoms with Crippen molar-refractivity contribution in [3.8, 4) is 0 Å². The molecule has 0 aromatic heterocycles. The van der Waals surface area contributed by atoms with E-state index in [0.717, 1.165) is 24.2 Å². The van der Waals surface area contributed by atoms with Crippen molar-refractivity contribution in [2.45, 2.75) is 63.3 Å². The first-order valence-corrected chi connectivity index (χ1v) is 11.4. The monoisotopic (exact) mass is 382 g/mol. The number of amides is 1. The molecule has 4 heteroatoms. The fourth-order valence-electron chi connectivity index (χ4n) is 6.91. The van der Waals surface area contributed by atoms with Gasteiger partial charge in [0.2, 0.25) is 0 Å². The van der Waals surface area contributed by atoms with E-state index in [1.54, 1.807) is 0 Å². The highest BCUT2D eigenvalue weighted by Gasteiger charge is 2.47. The summed E-state index contributed by atoms with van der Waals surface area (Å²) >= 11 is 0. The molecule has 1 aromatic rings. The first kappa shape index (κ1) is 18.5. The molecule has 0 unspecified atom stereocenters. The zero-order chi connectivity index (χ0) is 19.1. The van der Waals surface area contributed by atoms with Crippen molar-refractivity contribution < 1.29 is 9.53 Å². The molecule has 1 amide bonds. The second-order valence-corrected chi connectivity index (χ2v) is 9.72. The first-order valence-electron chi connectivity index (χ1n) is 11.4. The average molecular weight is 383 g/mol. The van der Waals surface area contributed by atoms with Crippen molar-refractivity contribution in [3.05, 3.63) is 35.4 Å². The number of rotatable bonds is 4. The molecule has 1 heterocycles. The highest BCUT2D eigenvalue weighted by Crippen LogP contribution is 2.52. The molecule has 4 nitrogen and oxygen atoms in total. The van der Waals surface area contributed by atoms with E-state index in [1.165, 1.54) is 69.3 Å². The Balaban J connectivity index is 1.25. The first-order chi connectivity index (χ1) is 13.7. The van der Waals surface area contributed by atoms with Crippen LogP contribution in [0.25, 0.3) is 0 Å². The Hall–Kier alpha value is -1.55. The minimum absolute atomic E-state index is 0.0902. The summed E-state index contributed by atoms with van der Waals surface area (Å²) in [6.07, 6.45) is 9.15. The van der Waals surface area contributed by atoms with Gasteiger partial charge in [-0.3, -0.25) is 0 Å².